The Morgan fingerprint density at radius 2 is 1.05 bits per heavy atom. The van der Waals surface area contributed by atoms with Crippen LogP contribution in [0, 0.1) is 6.92 Å². The number of anilines is 1. The van der Waals surface area contributed by atoms with E-state index in [9.17, 15) is 25.9 Å². The molecular weight excluding hydrogens is 1210 g/mol. The minimum absolute atomic E-state index is 0. The average Bonchev–Trinajstić information content (AvgIpc) is 4.03. The van der Waals surface area contributed by atoms with E-state index in [0.29, 0.717) is 0 Å². The second kappa shape index (κ2) is 34.5. The van der Waals surface area contributed by atoms with Gasteiger partial charge < -0.3 is 47.1 Å². The summed E-state index contributed by atoms with van der Waals surface area (Å²) in [5.41, 5.74) is 9.58. The maximum atomic E-state index is 9.67. The summed E-state index contributed by atoms with van der Waals surface area (Å²) in [7, 11) is -7.33. The van der Waals surface area contributed by atoms with Gasteiger partial charge in [0, 0.05) is 57.6 Å². The Bertz CT molecular complexity index is 3400. The highest BCUT2D eigenvalue weighted by Gasteiger charge is 2.25. The third-order valence-electron chi connectivity index (χ3n) is 12.5. The van der Waals surface area contributed by atoms with Crippen molar-refractivity contribution < 1.29 is 72.7 Å². The Balaban J connectivity index is 0.000000309. The van der Waals surface area contributed by atoms with Crippen LogP contribution in [-0.2, 0) is 6.54 Å². The lowest BCUT2D eigenvalue weighted by atomic mass is 10.0. The number of nitrogens with zero attached hydrogens (tertiary/aromatic N) is 4. The fourth-order valence-electron chi connectivity index (χ4n) is 8.89. The lowest BCUT2D eigenvalue weighted by Gasteiger charge is -2.19. The van der Waals surface area contributed by atoms with Crippen LogP contribution in [0.15, 0.2) is 181 Å². The molecular formula is C60H65B2F8IN4O2S3. The van der Waals surface area contributed by atoms with Gasteiger partial charge in [0.1, 0.15) is 60.5 Å². The van der Waals surface area contributed by atoms with Gasteiger partial charge in [-0.05, 0) is 120 Å². The molecule has 0 atom stereocenters. The van der Waals surface area contributed by atoms with E-state index in [4.69, 9.17) is 8.83 Å². The molecule has 424 valence electrons. The smallest absolute Gasteiger partial charge is 0.762 e. The van der Waals surface area contributed by atoms with Crippen LogP contribution in [-0.4, -0.2) is 53.6 Å². The Hall–Kier alpha value is -5.83. The number of rotatable bonds is 11. The van der Waals surface area contributed by atoms with Crippen LogP contribution in [0.3, 0.4) is 0 Å². The van der Waals surface area contributed by atoms with Crippen LogP contribution >= 0.6 is 34.9 Å². The monoisotopic (exact) mass is 1270 g/mol. The molecule has 4 heterocycles. The summed E-state index contributed by atoms with van der Waals surface area (Å²) in [4.78, 5) is 3.70. The number of fused-ring (bicyclic) bond motifs is 4. The standard InChI is InChI=1S/C29H29N2OS.C20H22NO.C11H14NS2.2BF3.2FH.HI/c1-4-30(5-2)23-16-17-24-22(18-26(32-27(24)20-23)21-12-8-7-9-13-21)19-29-31(6-3)25-14-10-11-15-28(25)33-29;1-4-21(5-2)17-11-12-18-15(3)13-19(22-20(18)14-17)16-9-7-6-8-10-16;1-3-12-9-7-5-6-8-10(9)14-11(12)13-4-2;2*2-1(3)4;;;/h7-20H,4-6H2,1-3H3;6-14H,4-5H2,1-3H3;5-8H,3-4H2,1-2H3;;;3*1H/q3*+1;;;;;/p-3. The molecule has 0 radical (unpaired) electrons. The highest BCUT2D eigenvalue weighted by Crippen LogP contribution is 2.47. The Morgan fingerprint density at radius 3 is 1.56 bits per heavy atom. The van der Waals surface area contributed by atoms with Gasteiger partial charge in [-0.25, -0.2) is 9.15 Å². The minimum Gasteiger partial charge on any atom is -1.00 e. The first-order chi connectivity index (χ1) is 37.3. The van der Waals surface area contributed by atoms with Crippen LogP contribution in [0.25, 0.3) is 61.6 Å². The van der Waals surface area contributed by atoms with Gasteiger partial charge in [0.05, 0.1) is 22.8 Å². The van der Waals surface area contributed by atoms with Gasteiger partial charge in [-0.2, -0.15) is 4.57 Å². The Kier molecular flexibility index (Phi) is 29.5. The molecule has 5 aliphatic rings. The summed E-state index contributed by atoms with van der Waals surface area (Å²) in [6.45, 7) is 23.4. The Morgan fingerprint density at radius 1 is 0.575 bits per heavy atom. The van der Waals surface area contributed by atoms with Crippen LogP contribution in [0.2, 0.25) is 0 Å². The third kappa shape index (κ3) is 18.3. The molecule has 0 amide bonds. The van der Waals surface area contributed by atoms with E-state index in [-0.39, 0.29) is 33.4 Å². The first kappa shape index (κ1) is 68.4. The van der Waals surface area contributed by atoms with E-state index in [1.165, 1.54) is 57.6 Å². The zero-order valence-corrected chi connectivity index (χ0v) is 50.5. The lowest BCUT2D eigenvalue weighted by Crippen LogP contribution is -3.00. The lowest BCUT2D eigenvalue weighted by molar-refractivity contribution is -0.698. The summed E-state index contributed by atoms with van der Waals surface area (Å²) >= 11 is 5.67. The zero-order valence-electron chi connectivity index (χ0n) is 45.9. The van der Waals surface area contributed by atoms with Crippen molar-refractivity contribution in [2.24, 2.45) is 0 Å². The minimum atomic E-state index is -3.67. The highest BCUT2D eigenvalue weighted by molar-refractivity contribution is 8.04. The molecule has 6 nitrogen and oxygen atoms in total. The average molecular weight is 1270 g/mol. The summed E-state index contributed by atoms with van der Waals surface area (Å²) in [5.74, 6) is 4.81. The number of aromatic nitrogens is 1. The second-order valence-corrected chi connectivity index (χ2v) is 20.7. The molecule has 0 saturated heterocycles. The van der Waals surface area contributed by atoms with Crippen LogP contribution in [0.4, 0.5) is 31.6 Å². The van der Waals surface area contributed by atoms with Crippen molar-refractivity contribution in [1.82, 2.24) is 9.15 Å². The number of thioether (sulfide) groups is 2. The SMILES string of the molecule is CCN1/C(=C/c2cc(-c3ccccc3)oc3cc(=[N+](CC)CC)ccc2-3)Sc2ccccc21.CCSc1sc2ccccc2[n+]1CC.CC[N+](CC)=c1ccc2c(C)cc(-c3ccccc3)oc-2c1.FB(F)F.FB(F)F.[F-].[F-].[I-]. The van der Waals surface area contributed by atoms with Crippen LogP contribution < -0.4 is 62.7 Å². The van der Waals surface area contributed by atoms with Crippen molar-refractivity contribution in [3.05, 3.63) is 185 Å². The van der Waals surface area contributed by atoms with Crippen molar-refractivity contribution in [3.8, 4) is 45.3 Å². The number of thiazole rings is 1. The maximum absolute atomic E-state index is 9.67. The Labute approximate surface area is 494 Å². The van der Waals surface area contributed by atoms with Gasteiger partial charge in [0.25, 0.3) is 4.34 Å². The molecule has 0 N–H and O–H groups in total. The molecule has 1 aromatic heterocycles. The molecule has 5 aromatic rings. The van der Waals surface area contributed by atoms with E-state index >= 15 is 0 Å². The molecule has 20 heteroatoms. The van der Waals surface area contributed by atoms with Gasteiger partial charge in [-0.15, -0.1) is 0 Å². The fraction of sp³-hybridized carbons (Fsp3) is 0.250. The van der Waals surface area contributed by atoms with Gasteiger partial charge in [0.15, 0.2) is 0 Å². The first-order valence-corrected chi connectivity index (χ1v) is 28.4. The molecule has 0 unspecified atom stereocenters. The molecule has 2 aliphatic carbocycles. The van der Waals surface area contributed by atoms with Gasteiger partial charge in [0.2, 0.25) is 16.2 Å². The van der Waals surface area contributed by atoms with Crippen molar-refractivity contribution in [1.29, 1.82) is 0 Å². The first-order valence-electron chi connectivity index (χ1n) is 25.8. The zero-order chi connectivity index (χ0) is 55.4. The molecule has 10 rings (SSSR count). The van der Waals surface area contributed by atoms with Gasteiger partial charge >= 0.3 is 15.1 Å². The van der Waals surface area contributed by atoms with Crippen LogP contribution in [0.1, 0.15) is 59.6 Å². The summed E-state index contributed by atoms with van der Waals surface area (Å²) in [6.07, 6.45) is 2.32. The summed E-state index contributed by atoms with van der Waals surface area (Å²) < 4.78 is 80.6. The number of para-hydroxylation sites is 2. The number of hydrogen-bond donors (Lipinski definition) is 0. The topological polar surface area (TPSA) is 39.4 Å². The maximum Gasteiger partial charge on any atom is 0.762 e. The van der Waals surface area contributed by atoms with E-state index in [1.807, 2.05) is 59.1 Å². The van der Waals surface area contributed by atoms with E-state index in [1.54, 1.807) is 0 Å². The van der Waals surface area contributed by atoms with Crippen molar-refractivity contribution in [3.63, 3.8) is 0 Å². The number of aryl methyl sites for hydroxylation is 2. The predicted molar refractivity (Wildman–Crippen MR) is 315 cm³/mol. The van der Waals surface area contributed by atoms with Gasteiger partial charge in [-0.3, -0.25) is 25.9 Å². The van der Waals surface area contributed by atoms with E-state index in [2.05, 4.69) is 214 Å². The molecule has 80 heavy (non-hydrogen) atoms. The molecule has 4 aromatic carbocycles. The predicted octanol–water partition coefficient (Wildman–Crippen LogP) is 7.06. The normalized spacial score (nSPS) is 11.4. The van der Waals surface area contributed by atoms with Crippen molar-refractivity contribution in [2.75, 3.05) is 43.4 Å². The van der Waals surface area contributed by atoms with Crippen molar-refractivity contribution >= 4 is 71.9 Å². The van der Waals surface area contributed by atoms with E-state index in [0.717, 1.165) is 84.8 Å². The summed E-state index contributed by atoms with van der Waals surface area (Å²) in [5, 5.41) is 3.65. The highest BCUT2D eigenvalue weighted by atomic mass is 127. The molecule has 0 bridgehead atoms. The third-order valence-corrected chi connectivity index (χ3v) is 15.9. The number of hydrogen-bond acceptors (Lipinski definition) is 6. The van der Waals surface area contributed by atoms with Crippen molar-refractivity contribution in [2.45, 2.75) is 71.2 Å². The summed E-state index contributed by atoms with van der Waals surface area (Å²) in [6, 6.07) is 55.3. The molecule has 0 saturated carbocycles. The number of halogens is 9. The number of benzene rings is 6. The quantitative estimate of drug-likeness (QED) is 0.0457. The molecule has 3 aliphatic heterocycles. The largest absolute Gasteiger partial charge is 1.00 e. The second-order valence-electron chi connectivity index (χ2n) is 17.1. The molecule has 0 spiro atoms. The molecule has 0 fully saturated rings. The van der Waals surface area contributed by atoms with E-state index < -0.39 is 15.1 Å². The van der Waals surface area contributed by atoms with Gasteiger partial charge in [-0.1, -0.05) is 115 Å². The fourth-order valence-corrected chi connectivity index (χ4v) is 12.5. The van der Waals surface area contributed by atoms with Crippen LogP contribution in [0.5, 0.6) is 0 Å².